The Morgan fingerprint density at radius 2 is 2.00 bits per heavy atom. The van der Waals surface area contributed by atoms with Gasteiger partial charge in [-0.05, 0) is 25.1 Å². The van der Waals surface area contributed by atoms with Crippen LogP contribution in [0, 0.1) is 0 Å². The molecule has 21 heavy (non-hydrogen) atoms. The standard InChI is InChI=1S/C16H19N3O2/c1-12(11-17)19(2)16(20)15-10-14(8-9-18-15)21-13-6-4-3-5-7-13/h3-10,12H,11,17H2,1-2H3. The summed E-state index contributed by atoms with van der Waals surface area (Å²) >= 11 is 0. The van der Waals surface area contributed by atoms with Crippen LogP contribution < -0.4 is 10.5 Å². The SMILES string of the molecule is CC(CN)N(C)C(=O)c1cc(Oc2ccccc2)ccn1. The second-order valence-corrected chi connectivity index (χ2v) is 4.79. The molecule has 2 aromatic rings. The zero-order valence-corrected chi connectivity index (χ0v) is 12.2. The van der Waals surface area contributed by atoms with Crippen LogP contribution in [0.15, 0.2) is 48.7 Å². The summed E-state index contributed by atoms with van der Waals surface area (Å²) in [4.78, 5) is 18.0. The first-order valence-electron chi connectivity index (χ1n) is 6.78. The maximum Gasteiger partial charge on any atom is 0.272 e. The van der Waals surface area contributed by atoms with Crippen LogP contribution in [-0.2, 0) is 0 Å². The van der Waals surface area contributed by atoms with Gasteiger partial charge < -0.3 is 15.4 Å². The van der Waals surface area contributed by atoms with Gasteiger partial charge in [-0.3, -0.25) is 9.78 Å². The molecule has 0 saturated carbocycles. The lowest BCUT2D eigenvalue weighted by Gasteiger charge is -2.23. The average molecular weight is 285 g/mol. The molecule has 2 N–H and O–H groups in total. The number of aromatic nitrogens is 1. The third-order valence-electron chi connectivity index (χ3n) is 3.25. The van der Waals surface area contributed by atoms with Crippen molar-refractivity contribution < 1.29 is 9.53 Å². The fourth-order valence-electron chi connectivity index (χ4n) is 1.76. The number of nitrogens with zero attached hydrogens (tertiary/aromatic N) is 2. The smallest absolute Gasteiger partial charge is 0.272 e. The molecule has 5 heteroatoms. The van der Waals surface area contributed by atoms with Crippen LogP contribution in [0.25, 0.3) is 0 Å². The van der Waals surface area contributed by atoms with E-state index in [0.29, 0.717) is 23.7 Å². The van der Waals surface area contributed by atoms with Gasteiger partial charge in [0.25, 0.3) is 5.91 Å². The van der Waals surface area contributed by atoms with Crippen molar-refractivity contribution in [2.75, 3.05) is 13.6 Å². The summed E-state index contributed by atoms with van der Waals surface area (Å²) in [6.45, 7) is 2.30. The summed E-state index contributed by atoms with van der Waals surface area (Å²) in [5, 5.41) is 0. The topological polar surface area (TPSA) is 68.5 Å². The highest BCUT2D eigenvalue weighted by Gasteiger charge is 2.18. The number of para-hydroxylation sites is 1. The van der Waals surface area contributed by atoms with Crippen molar-refractivity contribution in [3.8, 4) is 11.5 Å². The van der Waals surface area contributed by atoms with Gasteiger partial charge in [-0.15, -0.1) is 0 Å². The van der Waals surface area contributed by atoms with Gasteiger partial charge in [0.05, 0.1) is 0 Å². The Morgan fingerprint density at radius 1 is 1.29 bits per heavy atom. The number of hydrogen-bond acceptors (Lipinski definition) is 4. The monoisotopic (exact) mass is 285 g/mol. The van der Waals surface area contributed by atoms with Crippen LogP contribution >= 0.6 is 0 Å². The number of pyridine rings is 1. The van der Waals surface area contributed by atoms with Crippen molar-refractivity contribution in [2.45, 2.75) is 13.0 Å². The molecule has 0 bridgehead atoms. The highest BCUT2D eigenvalue weighted by Crippen LogP contribution is 2.21. The van der Waals surface area contributed by atoms with Crippen LogP contribution in [0.4, 0.5) is 0 Å². The van der Waals surface area contributed by atoms with Crippen molar-refractivity contribution in [1.82, 2.24) is 9.88 Å². The molecule has 1 aromatic heterocycles. The molecule has 1 amide bonds. The lowest BCUT2D eigenvalue weighted by Crippen LogP contribution is -2.40. The van der Waals surface area contributed by atoms with E-state index in [9.17, 15) is 4.79 Å². The van der Waals surface area contributed by atoms with Crippen molar-refractivity contribution >= 4 is 5.91 Å². The van der Waals surface area contributed by atoms with Gasteiger partial charge in [0, 0.05) is 31.9 Å². The Morgan fingerprint density at radius 3 is 2.67 bits per heavy atom. The van der Waals surface area contributed by atoms with Gasteiger partial charge in [-0.25, -0.2) is 0 Å². The predicted octanol–water partition coefficient (Wildman–Crippen LogP) is 2.29. The molecular weight excluding hydrogens is 266 g/mol. The minimum absolute atomic E-state index is 0.0435. The first-order valence-corrected chi connectivity index (χ1v) is 6.78. The maximum absolute atomic E-state index is 12.3. The summed E-state index contributed by atoms with van der Waals surface area (Å²) in [6, 6.07) is 12.7. The van der Waals surface area contributed by atoms with E-state index in [2.05, 4.69) is 4.98 Å². The first kappa shape index (κ1) is 15.0. The second-order valence-electron chi connectivity index (χ2n) is 4.79. The van der Waals surface area contributed by atoms with E-state index in [-0.39, 0.29) is 11.9 Å². The lowest BCUT2D eigenvalue weighted by atomic mass is 10.2. The summed E-state index contributed by atoms with van der Waals surface area (Å²) in [6.07, 6.45) is 1.56. The fourth-order valence-corrected chi connectivity index (χ4v) is 1.76. The van der Waals surface area contributed by atoms with Gasteiger partial charge in [0.15, 0.2) is 0 Å². The van der Waals surface area contributed by atoms with Gasteiger partial charge in [0.2, 0.25) is 0 Å². The third-order valence-corrected chi connectivity index (χ3v) is 3.25. The largest absolute Gasteiger partial charge is 0.457 e. The molecule has 1 atom stereocenters. The number of amides is 1. The molecular formula is C16H19N3O2. The zero-order chi connectivity index (χ0) is 15.2. The second kappa shape index (κ2) is 6.85. The van der Waals surface area contributed by atoms with Gasteiger partial charge in [-0.2, -0.15) is 0 Å². The van der Waals surface area contributed by atoms with Crippen LogP contribution in [0.3, 0.4) is 0 Å². The van der Waals surface area contributed by atoms with Gasteiger partial charge >= 0.3 is 0 Å². The summed E-state index contributed by atoms with van der Waals surface area (Å²) in [7, 11) is 1.71. The third kappa shape index (κ3) is 3.79. The Kier molecular flexibility index (Phi) is 4.90. The normalized spacial score (nSPS) is 11.8. The minimum Gasteiger partial charge on any atom is -0.457 e. The highest BCUT2D eigenvalue weighted by molar-refractivity contribution is 5.92. The molecule has 0 aliphatic heterocycles. The van der Waals surface area contributed by atoms with E-state index in [0.717, 1.165) is 0 Å². The molecule has 0 radical (unpaired) electrons. The Labute approximate surface area is 124 Å². The molecule has 1 heterocycles. The van der Waals surface area contributed by atoms with E-state index in [1.807, 2.05) is 37.3 Å². The molecule has 0 aliphatic rings. The molecule has 5 nitrogen and oxygen atoms in total. The molecule has 110 valence electrons. The van der Waals surface area contributed by atoms with Gasteiger partial charge in [0.1, 0.15) is 17.2 Å². The quantitative estimate of drug-likeness (QED) is 0.915. The maximum atomic E-state index is 12.3. The van der Waals surface area contributed by atoms with E-state index in [4.69, 9.17) is 10.5 Å². The van der Waals surface area contributed by atoms with Crippen molar-refractivity contribution in [3.05, 3.63) is 54.4 Å². The number of nitrogens with two attached hydrogens (primary N) is 1. The first-order chi connectivity index (χ1) is 10.1. The van der Waals surface area contributed by atoms with Crippen LogP contribution in [0.5, 0.6) is 11.5 Å². The lowest BCUT2D eigenvalue weighted by molar-refractivity contribution is 0.0742. The van der Waals surface area contributed by atoms with Crippen LogP contribution in [0.2, 0.25) is 0 Å². The highest BCUT2D eigenvalue weighted by atomic mass is 16.5. The Balaban J connectivity index is 2.16. The predicted molar refractivity (Wildman–Crippen MR) is 81.4 cm³/mol. The number of likely N-dealkylation sites (N-methyl/N-ethyl adjacent to an activating group) is 1. The minimum atomic E-state index is -0.175. The summed E-state index contributed by atoms with van der Waals surface area (Å²) in [5.74, 6) is 1.12. The van der Waals surface area contributed by atoms with Crippen molar-refractivity contribution in [3.63, 3.8) is 0 Å². The number of carbonyl (C=O) groups excluding carboxylic acids is 1. The van der Waals surface area contributed by atoms with Crippen molar-refractivity contribution in [2.24, 2.45) is 5.73 Å². The van der Waals surface area contributed by atoms with E-state index in [1.54, 1.807) is 30.3 Å². The summed E-state index contributed by atoms with van der Waals surface area (Å²) in [5.41, 5.74) is 5.92. The molecule has 2 rings (SSSR count). The molecule has 0 saturated heterocycles. The molecule has 1 unspecified atom stereocenters. The number of carbonyl (C=O) groups is 1. The van der Waals surface area contributed by atoms with Gasteiger partial charge in [-0.1, -0.05) is 18.2 Å². The number of hydrogen-bond donors (Lipinski definition) is 1. The Hall–Kier alpha value is -2.40. The average Bonchev–Trinajstić information content (AvgIpc) is 2.54. The van der Waals surface area contributed by atoms with Crippen LogP contribution in [0.1, 0.15) is 17.4 Å². The number of benzene rings is 1. The molecule has 1 aromatic carbocycles. The fraction of sp³-hybridized carbons (Fsp3) is 0.250. The van der Waals surface area contributed by atoms with E-state index >= 15 is 0 Å². The molecule has 0 aliphatic carbocycles. The van der Waals surface area contributed by atoms with Crippen LogP contribution in [-0.4, -0.2) is 35.4 Å². The Bertz CT molecular complexity index is 601. The van der Waals surface area contributed by atoms with Crippen molar-refractivity contribution in [1.29, 1.82) is 0 Å². The molecule has 0 fully saturated rings. The van der Waals surface area contributed by atoms with E-state index < -0.39 is 0 Å². The molecule has 0 spiro atoms. The van der Waals surface area contributed by atoms with E-state index in [1.165, 1.54) is 0 Å². The summed E-state index contributed by atoms with van der Waals surface area (Å²) < 4.78 is 5.70. The number of rotatable bonds is 5. The number of ether oxygens (including phenoxy) is 1. The zero-order valence-electron chi connectivity index (χ0n) is 12.2.